The third kappa shape index (κ3) is 9.33. The quantitative estimate of drug-likeness (QED) is 0.517. The Morgan fingerprint density at radius 3 is 2.00 bits per heavy atom. The predicted molar refractivity (Wildman–Crippen MR) is 36.9 cm³/mol. The first-order valence-corrected chi connectivity index (χ1v) is 2.50. The summed E-state index contributed by atoms with van der Waals surface area (Å²) in [5, 5.41) is 0. The van der Waals surface area contributed by atoms with Crippen LogP contribution in [0.2, 0.25) is 0 Å². The maximum Gasteiger partial charge on any atom is 0.0985 e. The topological polar surface area (TPSA) is 12.5 Å². The average Bonchev–Trinajstić information content (AvgIpc) is 1.61. The van der Waals surface area contributed by atoms with Crippen LogP contribution >= 0.6 is 0 Å². The van der Waals surface area contributed by atoms with Crippen molar-refractivity contribution >= 4 is 0 Å². The van der Waals surface area contributed by atoms with Gasteiger partial charge < -0.3 is 4.74 Å². The SMILES string of the molecule is C.CCOCN(C)C. The van der Waals surface area contributed by atoms with Crippen LogP contribution in [0.4, 0.5) is 0 Å². The zero-order valence-corrected chi connectivity index (χ0v) is 5.27. The molecule has 2 nitrogen and oxygen atoms in total. The van der Waals surface area contributed by atoms with Crippen LogP contribution in [0, 0.1) is 0 Å². The summed E-state index contributed by atoms with van der Waals surface area (Å²) in [6.45, 7) is 3.53. The van der Waals surface area contributed by atoms with Crippen molar-refractivity contribution in [2.75, 3.05) is 27.4 Å². The van der Waals surface area contributed by atoms with Gasteiger partial charge in [0.15, 0.2) is 0 Å². The largest absolute Gasteiger partial charge is 0.366 e. The standard InChI is InChI=1S/C5H13NO.CH4/c1-4-7-5-6(2)3;/h4-5H2,1-3H3;1H4. The molecule has 8 heavy (non-hydrogen) atoms. The first kappa shape index (κ1) is 10.8. The Balaban J connectivity index is 0. The van der Waals surface area contributed by atoms with E-state index in [-0.39, 0.29) is 7.43 Å². The first-order valence-electron chi connectivity index (χ1n) is 2.50. The third-order valence-electron chi connectivity index (χ3n) is 0.554. The molecule has 0 heterocycles. The zero-order valence-electron chi connectivity index (χ0n) is 5.27. The van der Waals surface area contributed by atoms with Crippen LogP contribution in [0.3, 0.4) is 0 Å². The molecule has 0 fully saturated rings. The highest BCUT2D eigenvalue weighted by atomic mass is 16.5. The van der Waals surface area contributed by atoms with E-state index in [1.807, 2.05) is 25.9 Å². The highest BCUT2D eigenvalue weighted by molar-refractivity contribution is 4.23. The molecule has 0 saturated heterocycles. The van der Waals surface area contributed by atoms with Crippen LogP contribution in [0.25, 0.3) is 0 Å². The van der Waals surface area contributed by atoms with Gasteiger partial charge in [-0.05, 0) is 21.0 Å². The smallest absolute Gasteiger partial charge is 0.0985 e. The Hall–Kier alpha value is -0.0800. The lowest BCUT2D eigenvalue weighted by Gasteiger charge is -2.07. The Morgan fingerprint density at radius 2 is 1.88 bits per heavy atom. The van der Waals surface area contributed by atoms with Crippen LogP contribution < -0.4 is 0 Å². The van der Waals surface area contributed by atoms with Crippen molar-refractivity contribution in [3.63, 3.8) is 0 Å². The molecule has 0 amide bonds. The molecule has 0 aromatic rings. The molecule has 0 radical (unpaired) electrons. The van der Waals surface area contributed by atoms with E-state index >= 15 is 0 Å². The Morgan fingerprint density at radius 1 is 1.38 bits per heavy atom. The number of ether oxygens (including phenoxy) is 1. The summed E-state index contributed by atoms with van der Waals surface area (Å²) in [4.78, 5) is 1.99. The van der Waals surface area contributed by atoms with Crippen LogP contribution in [0.15, 0.2) is 0 Å². The Bertz CT molecular complexity index is 37.5. The van der Waals surface area contributed by atoms with Crippen LogP contribution in [-0.4, -0.2) is 32.3 Å². The summed E-state index contributed by atoms with van der Waals surface area (Å²) in [5.74, 6) is 0. The molecule has 0 N–H and O–H groups in total. The monoisotopic (exact) mass is 119 g/mol. The lowest BCUT2D eigenvalue weighted by Crippen LogP contribution is -2.15. The molecule has 0 saturated carbocycles. The predicted octanol–water partition coefficient (Wildman–Crippen LogP) is 1.18. The minimum absolute atomic E-state index is 0. The molecule has 0 aromatic heterocycles. The number of rotatable bonds is 3. The second-order valence-corrected chi connectivity index (χ2v) is 1.70. The maximum absolute atomic E-state index is 5.02. The molecule has 0 rings (SSSR count). The van der Waals surface area contributed by atoms with Gasteiger partial charge in [0.1, 0.15) is 0 Å². The summed E-state index contributed by atoms with van der Waals surface area (Å²) >= 11 is 0. The van der Waals surface area contributed by atoms with Gasteiger partial charge in [0.2, 0.25) is 0 Å². The molecular formula is C6H17NO. The van der Waals surface area contributed by atoms with Gasteiger partial charge in [0.25, 0.3) is 0 Å². The van der Waals surface area contributed by atoms with Crippen molar-refractivity contribution in [1.82, 2.24) is 4.90 Å². The lowest BCUT2D eigenvalue weighted by atomic mass is 10.8. The van der Waals surface area contributed by atoms with E-state index in [1.165, 1.54) is 0 Å². The molecule has 2 heteroatoms. The van der Waals surface area contributed by atoms with Gasteiger partial charge in [-0.3, -0.25) is 4.90 Å². The van der Waals surface area contributed by atoms with Crippen LogP contribution in [0.1, 0.15) is 14.4 Å². The molecule has 0 atom stereocenters. The molecule has 0 spiro atoms. The van der Waals surface area contributed by atoms with E-state index in [0.29, 0.717) is 0 Å². The fourth-order valence-electron chi connectivity index (χ4n) is 0.274. The molecule has 0 bridgehead atoms. The second kappa shape index (κ2) is 6.92. The summed E-state index contributed by atoms with van der Waals surface area (Å²) in [6, 6.07) is 0. The summed E-state index contributed by atoms with van der Waals surface area (Å²) in [5.41, 5.74) is 0. The molecular weight excluding hydrogens is 102 g/mol. The minimum atomic E-state index is 0. The van der Waals surface area contributed by atoms with Crippen molar-refractivity contribution in [1.29, 1.82) is 0 Å². The van der Waals surface area contributed by atoms with Gasteiger partial charge in [0.05, 0.1) is 6.73 Å². The van der Waals surface area contributed by atoms with Gasteiger partial charge >= 0.3 is 0 Å². The van der Waals surface area contributed by atoms with Gasteiger partial charge in [-0.15, -0.1) is 0 Å². The van der Waals surface area contributed by atoms with E-state index in [2.05, 4.69) is 0 Å². The summed E-state index contributed by atoms with van der Waals surface area (Å²) in [7, 11) is 3.96. The van der Waals surface area contributed by atoms with Crippen molar-refractivity contribution < 1.29 is 4.74 Å². The van der Waals surface area contributed by atoms with Gasteiger partial charge in [0, 0.05) is 6.61 Å². The van der Waals surface area contributed by atoms with Crippen LogP contribution in [-0.2, 0) is 4.74 Å². The Labute approximate surface area is 52.4 Å². The fraction of sp³-hybridized carbons (Fsp3) is 1.00. The lowest BCUT2D eigenvalue weighted by molar-refractivity contribution is 0.0650. The molecule has 0 unspecified atom stereocenters. The summed E-state index contributed by atoms with van der Waals surface area (Å²) < 4.78 is 5.02. The maximum atomic E-state index is 5.02. The highest BCUT2D eigenvalue weighted by Gasteiger charge is 1.82. The summed E-state index contributed by atoms with van der Waals surface area (Å²) in [6.07, 6.45) is 0. The zero-order chi connectivity index (χ0) is 5.70. The molecule has 0 aliphatic heterocycles. The second-order valence-electron chi connectivity index (χ2n) is 1.70. The van der Waals surface area contributed by atoms with E-state index in [1.54, 1.807) is 0 Å². The van der Waals surface area contributed by atoms with Gasteiger partial charge in [-0.25, -0.2) is 0 Å². The van der Waals surface area contributed by atoms with E-state index in [9.17, 15) is 0 Å². The fourth-order valence-corrected chi connectivity index (χ4v) is 0.274. The van der Waals surface area contributed by atoms with E-state index < -0.39 is 0 Å². The average molecular weight is 119 g/mol. The first-order chi connectivity index (χ1) is 3.27. The normalized spacial score (nSPS) is 9.00. The van der Waals surface area contributed by atoms with Crippen molar-refractivity contribution in [3.05, 3.63) is 0 Å². The number of nitrogens with zero attached hydrogens (tertiary/aromatic N) is 1. The minimum Gasteiger partial charge on any atom is -0.366 e. The van der Waals surface area contributed by atoms with Gasteiger partial charge in [-0.1, -0.05) is 7.43 Å². The van der Waals surface area contributed by atoms with Gasteiger partial charge in [-0.2, -0.15) is 0 Å². The van der Waals surface area contributed by atoms with Crippen molar-refractivity contribution in [2.24, 2.45) is 0 Å². The van der Waals surface area contributed by atoms with Crippen LogP contribution in [0.5, 0.6) is 0 Å². The molecule has 0 aliphatic rings. The Kier molecular flexibility index (Phi) is 9.36. The molecule has 0 aromatic carbocycles. The number of hydrogen-bond acceptors (Lipinski definition) is 2. The highest BCUT2D eigenvalue weighted by Crippen LogP contribution is 1.74. The molecule has 0 aliphatic carbocycles. The van der Waals surface area contributed by atoms with E-state index in [4.69, 9.17) is 4.74 Å². The number of hydrogen-bond donors (Lipinski definition) is 0. The van der Waals surface area contributed by atoms with E-state index in [0.717, 1.165) is 13.3 Å². The van der Waals surface area contributed by atoms with Crippen molar-refractivity contribution in [3.8, 4) is 0 Å². The third-order valence-corrected chi connectivity index (χ3v) is 0.554. The molecule has 52 valence electrons. The van der Waals surface area contributed by atoms with Crippen molar-refractivity contribution in [2.45, 2.75) is 14.4 Å².